The van der Waals surface area contributed by atoms with E-state index in [0.717, 1.165) is 69.4 Å². The van der Waals surface area contributed by atoms with Crippen molar-refractivity contribution in [2.24, 2.45) is 10.9 Å². The number of hydrogen-bond acceptors (Lipinski definition) is 4. The fourth-order valence-electron chi connectivity index (χ4n) is 4.72. The van der Waals surface area contributed by atoms with Crippen LogP contribution in [0.1, 0.15) is 64.2 Å². The van der Waals surface area contributed by atoms with Crippen LogP contribution in [0.4, 0.5) is 0 Å². The molecule has 2 saturated carbocycles. The minimum absolute atomic E-state index is 0. The number of carbonyl (C=O) groups is 1. The number of amides is 1. The highest BCUT2D eigenvalue weighted by atomic mass is 127. The van der Waals surface area contributed by atoms with Gasteiger partial charge >= 0.3 is 0 Å². The van der Waals surface area contributed by atoms with E-state index in [2.05, 4.69) is 20.5 Å². The number of aliphatic imine (C=N–C) groups is 1. The van der Waals surface area contributed by atoms with Crippen molar-refractivity contribution >= 4 is 47.6 Å². The van der Waals surface area contributed by atoms with Crippen LogP contribution in [0, 0.1) is 5.92 Å². The number of halogens is 1. The maximum Gasteiger partial charge on any atom is 0.225 e. The van der Waals surface area contributed by atoms with Crippen molar-refractivity contribution in [1.29, 1.82) is 0 Å². The van der Waals surface area contributed by atoms with E-state index in [1.54, 1.807) is 0 Å². The largest absolute Gasteiger partial charge is 0.376 e. The van der Waals surface area contributed by atoms with Gasteiger partial charge in [0.15, 0.2) is 5.96 Å². The van der Waals surface area contributed by atoms with E-state index >= 15 is 0 Å². The maximum absolute atomic E-state index is 12.7. The highest BCUT2D eigenvalue weighted by Gasteiger charge is 2.30. The summed E-state index contributed by atoms with van der Waals surface area (Å²) in [7, 11) is 1.82. The van der Waals surface area contributed by atoms with Crippen LogP contribution in [0.2, 0.25) is 0 Å². The van der Waals surface area contributed by atoms with Crippen molar-refractivity contribution in [1.82, 2.24) is 15.5 Å². The van der Waals surface area contributed by atoms with E-state index in [1.165, 1.54) is 38.5 Å². The van der Waals surface area contributed by atoms with Gasteiger partial charge < -0.3 is 20.3 Å². The Morgan fingerprint density at radius 2 is 1.70 bits per heavy atom. The Balaban J connectivity index is 0.00000320. The van der Waals surface area contributed by atoms with E-state index in [4.69, 9.17) is 4.74 Å². The predicted octanol–water partition coefficient (Wildman–Crippen LogP) is 3.64. The van der Waals surface area contributed by atoms with Crippen molar-refractivity contribution < 1.29 is 9.53 Å². The molecular weight excluding hydrogens is 511 g/mol. The number of thioether (sulfide) groups is 1. The molecule has 0 aromatic carbocycles. The molecular formula is C22H41IN4O2S. The van der Waals surface area contributed by atoms with E-state index < -0.39 is 0 Å². The van der Waals surface area contributed by atoms with Crippen molar-refractivity contribution in [2.75, 3.05) is 44.8 Å². The van der Waals surface area contributed by atoms with Gasteiger partial charge in [-0.05, 0) is 38.5 Å². The molecule has 174 valence electrons. The zero-order chi connectivity index (χ0) is 20.3. The van der Waals surface area contributed by atoms with Crippen LogP contribution in [-0.2, 0) is 9.53 Å². The average Bonchev–Trinajstić information content (AvgIpc) is 3.05. The second-order valence-electron chi connectivity index (χ2n) is 8.61. The molecule has 3 rings (SSSR count). The number of carbonyl (C=O) groups excluding carboxylic acids is 1. The molecule has 6 nitrogen and oxygen atoms in total. The molecule has 30 heavy (non-hydrogen) atoms. The van der Waals surface area contributed by atoms with Crippen LogP contribution in [0.5, 0.6) is 0 Å². The summed E-state index contributed by atoms with van der Waals surface area (Å²) in [6.07, 6.45) is 12.3. The van der Waals surface area contributed by atoms with Crippen LogP contribution in [0.3, 0.4) is 0 Å². The highest BCUT2D eigenvalue weighted by Crippen LogP contribution is 2.27. The Bertz CT molecular complexity index is 515. The molecule has 2 aliphatic carbocycles. The van der Waals surface area contributed by atoms with Gasteiger partial charge in [-0.1, -0.05) is 25.7 Å². The van der Waals surface area contributed by atoms with Gasteiger partial charge in [0.25, 0.3) is 0 Å². The van der Waals surface area contributed by atoms with Crippen molar-refractivity contribution in [3.05, 3.63) is 0 Å². The molecule has 0 bridgehead atoms. The first kappa shape index (κ1) is 26.0. The second-order valence-corrected chi connectivity index (χ2v) is 9.84. The van der Waals surface area contributed by atoms with Crippen molar-refractivity contribution in [2.45, 2.75) is 76.4 Å². The van der Waals surface area contributed by atoms with Crippen LogP contribution < -0.4 is 10.6 Å². The molecule has 1 heterocycles. The van der Waals surface area contributed by atoms with Gasteiger partial charge in [0, 0.05) is 50.1 Å². The van der Waals surface area contributed by atoms with Gasteiger partial charge in [0.1, 0.15) is 0 Å². The lowest BCUT2D eigenvalue weighted by atomic mass is 9.85. The minimum atomic E-state index is 0. The molecule has 8 heteroatoms. The number of nitrogens with one attached hydrogen (secondary N) is 2. The first-order valence-electron chi connectivity index (χ1n) is 11.7. The molecule has 0 aromatic rings. The van der Waals surface area contributed by atoms with Crippen molar-refractivity contribution in [3.8, 4) is 0 Å². The summed E-state index contributed by atoms with van der Waals surface area (Å²) in [6, 6.07) is 0.407. The Labute approximate surface area is 204 Å². The zero-order valence-electron chi connectivity index (χ0n) is 18.6. The van der Waals surface area contributed by atoms with Crippen LogP contribution >= 0.6 is 35.7 Å². The molecule has 2 N–H and O–H groups in total. The summed E-state index contributed by atoms with van der Waals surface area (Å²) >= 11 is 1.96. The summed E-state index contributed by atoms with van der Waals surface area (Å²) in [6.45, 7) is 3.39. The van der Waals surface area contributed by atoms with E-state index in [9.17, 15) is 4.79 Å². The predicted molar refractivity (Wildman–Crippen MR) is 137 cm³/mol. The molecule has 0 spiro atoms. The first-order chi connectivity index (χ1) is 14.3. The lowest BCUT2D eigenvalue weighted by Crippen LogP contribution is -2.47. The van der Waals surface area contributed by atoms with Crippen LogP contribution in [0.15, 0.2) is 4.99 Å². The summed E-state index contributed by atoms with van der Waals surface area (Å²) in [4.78, 5) is 19.2. The summed E-state index contributed by atoms with van der Waals surface area (Å²) in [5.74, 6) is 3.66. The SMILES string of the molecule is CN=C(NCCOC1CCCCCC1)NC1CCC(C(=O)N2CCSCC2)CC1.I. The third kappa shape index (κ3) is 8.73. The number of ether oxygens (including phenoxy) is 1. The number of nitrogens with zero attached hydrogens (tertiary/aromatic N) is 2. The molecule has 3 aliphatic rings. The Morgan fingerprint density at radius 3 is 2.33 bits per heavy atom. The van der Waals surface area contributed by atoms with Crippen molar-refractivity contribution in [3.63, 3.8) is 0 Å². The van der Waals surface area contributed by atoms with Gasteiger partial charge in [0.2, 0.25) is 5.91 Å². The average molecular weight is 553 g/mol. The van der Waals surface area contributed by atoms with Gasteiger partial charge in [-0.15, -0.1) is 24.0 Å². The normalized spacial score (nSPS) is 26.4. The fraction of sp³-hybridized carbons (Fsp3) is 0.909. The number of hydrogen-bond donors (Lipinski definition) is 2. The summed E-state index contributed by atoms with van der Waals surface area (Å²) in [5, 5.41) is 6.94. The first-order valence-corrected chi connectivity index (χ1v) is 12.9. The molecule has 1 aliphatic heterocycles. The molecule has 0 radical (unpaired) electrons. The quantitative estimate of drug-likeness (QED) is 0.173. The molecule has 1 saturated heterocycles. The third-order valence-corrected chi connectivity index (χ3v) is 7.46. The molecule has 3 fully saturated rings. The summed E-state index contributed by atoms with van der Waals surface area (Å²) < 4.78 is 6.06. The highest BCUT2D eigenvalue weighted by molar-refractivity contribution is 14.0. The fourth-order valence-corrected chi connectivity index (χ4v) is 5.62. The molecule has 1 amide bonds. The van der Waals surface area contributed by atoms with Gasteiger partial charge in [-0.25, -0.2) is 0 Å². The topological polar surface area (TPSA) is 66.0 Å². The Kier molecular flexibility index (Phi) is 12.8. The van der Waals surface area contributed by atoms with E-state index in [0.29, 0.717) is 18.1 Å². The van der Waals surface area contributed by atoms with Gasteiger partial charge in [-0.2, -0.15) is 11.8 Å². The number of guanidine groups is 1. The minimum Gasteiger partial charge on any atom is -0.376 e. The van der Waals surface area contributed by atoms with Crippen LogP contribution in [0.25, 0.3) is 0 Å². The van der Waals surface area contributed by atoms with Gasteiger partial charge in [-0.3, -0.25) is 9.79 Å². The number of rotatable bonds is 6. The van der Waals surface area contributed by atoms with Gasteiger partial charge in [0.05, 0.1) is 12.7 Å². The molecule has 0 unspecified atom stereocenters. The summed E-state index contributed by atoms with van der Waals surface area (Å²) in [5.41, 5.74) is 0. The Hall–Kier alpha value is -0.220. The van der Waals surface area contributed by atoms with E-state index in [-0.39, 0.29) is 29.9 Å². The third-order valence-electron chi connectivity index (χ3n) is 6.51. The zero-order valence-corrected chi connectivity index (χ0v) is 21.7. The molecule has 0 atom stereocenters. The molecule has 0 aromatic heterocycles. The van der Waals surface area contributed by atoms with Crippen LogP contribution in [-0.4, -0.2) is 73.7 Å². The lowest BCUT2D eigenvalue weighted by Gasteiger charge is -2.34. The second kappa shape index (κ2) is 14.8. The smallest absolute Gasteiger partial charge is 0.225 e. The monoisotopic (exact) mass is 552 g/mol. The standard InChI is InChI=1S/C22H40N4O2S.HI/c1-23-22(24-12-15-28-20-6-4-2-3-5-7-20)25-19-10-8-18(9-11-19)21(27)26-13-16-29-17-14-26;/h18-20H,2-17H2,1H3,(H2,23,24,25);1H. The lowest BCUT2D eigenvalue weighted by molar-refractivity contribution is -0.136. The maximum atomic E-state index is 12.7. The Morgan fingerprint density at radius 1 is 1.03 bits per heavy atom. The van der Waals surface area contributed by atoms with E-state index in [1.807, 2.05) is 18.8 Å².